The van der Waals surface area contributed by atoms with Gasteiger partial charge in [0.1, 0.15) is 5.82 Å². The highest BCUT2D eigenvalue weighted by Gasteiger charge is 2.35. The summed E-state index contributed by atoms with van der Waals surface area (Å²) < 4.78 is 7.60. The molecule has 1 unspecified atom stereocenters. The normalized spacial score (nSPS) is 22.8. The van der Waals surface area contributed by atoms with Gasteiger partial charge in [-0.25, -0.2) is 0 Å². The maximum Gasteiger partial charge on any atom is 0.132 e. The predicted molar refractivity (Wildman–Crippen MR) is 72.1 cm³/mol. The summed E-state index contributed by atoms with van der Waals surface area (Å²) in [6.45, 7) is 7.17. The molecule has 1 aliphatic rings. The first-order chi connectivity index (χ1) is 8.88. The SMILES string of the molecule is Cc1nn(C)c(N2CC(CO)OC(C)(C)C2)c1CO. The first kappa shape index (κ1) is 14.3. The number of anilines is 1. The molecule has 1 saturated heterocycles. The van der Waals surface area contributed by atoms with Gasteiger partial charge in [0.25, 0.3) is 0 Å². The van der Waals surface area contributed by atoms with Crippen LogP contribution in [0.5, 0.6) is 0 Å². The number of aryl methyl sites for hydroxylation is 2. The van der Waals surface area contributed by atoms with Crippen LogP contribution in [0.25, 0.3) is 0 Å². The van der Waals surface area contributed by atoms with Crippen LogP contribution in [0.4, 0.5) is 5.82 Å². The molecule has 0 aliphatic carbocycles. The molecule has 1 aromatic heterocycles. The van der Waals surface area contributed by atoms with Crippen LogP contribution in [-0.2, 0) is 18.4 Å². The number of morpholine rings is 1. The molecule has 0 radical (unpaired) electrons. The molecule has 0 spiro atoms. The van der Waals surface area contributed by atoms with Crippen molar-refractivity contribution in [3.05, 3.63) is 11.3 Å². The van der Waals surface area contributed by atoms with E-state index in [1.165, 1.54) is 0 Å². The summed E-state index contributed by atoms with van der Waals surface area (Å²) in [5, 5.41) is 23.3. The minimum Gasteiger partial charge on any atom is -0.394 e. The molecular weight excluding hydrogens is 246 g/mol. The molecule has 0 bridgehead atoms. The van der Waals surface area contributed by atoms with Crippen molar-refractivity contribution in [3.63, 3.8) is 0 Å². The summed E-state index contributed by atoms with van der Waals surface area (Å²) in [4.78, 5) is 2.13. The van der Waals surface area contributed by atoms with Gasteiger partial charge in [-0.2, -0.15) is 5.10 Å². The molecule has 2 rings (SSSR count). The van der Waals surface area contributed by atoms with Crippen LogP contribution in [0, 0.1) is 6.92 Å². The molecule has 1 aromatic rings. The first-order valence-corrected chi connectivity index (χ1v) is 6.55. The van der Waals surface area contributed by atoms with Crippen molar-refractivity contribution in [1.82, 2.24) is 9.78 Å². The van der Waals surface area contributed by atoms with Gasteiger partial charge < -0.3 is 19.8 Å². The molecule has 1 aliphatic heterocycles. The van der Waals surface area contributed by atoms with E-state index in [2.05, 4.69) is 10.00 Å². The van der Waals surface area contributed by atoms with E-state index in [9.17, 15) is 10.2 Å². The zero-order valence-electron chi connectivity index (χ0n) is 12.1. The van der Waals surface area contributed by atoms with Crippen molar-refractivity contribution >= 4 is 5.82 Å². The molecule has 2 heterocycles. The van der Waals surface area contributed by atoms with Gasteiger partial charge in [-0.3, -0.25) is 4.68 Å². The minimum absolute atomic E-state index is 0.00871. The highest BCUT2D eigenvalue weighted by Crippen LogP contribution is 2.29. The molecule has 1 fully saturated rings. The Kier molecular flexibility index (Phi) is 3.85. The molecular formula is C13H23N3O3. The van der Waals surface area contributed by atoms with Crippen LogP contribution in [-0.4, -0.2) is 51.4 Å². The Morgan fingerprint density at radius 2 is 2.11 bits per heavy atom. The largest absolute Gasteiger partial charge is 0.394 e. The van der Waals surface area contributed by atoms with Gasteiger partial charge in [0.2, 0.25) is 0 Å². The fourth-order valence-electron chi connectivity index (χ4n) is 2.82. The lowest BCUT2D eigenvalue weighted by Gasteiger charge is -2.43. The number of ether oxygens (including phenoxy) is 1. The van der Waals surface area contributed by atoms with E-state index in [1.807, 2.05) is 27.8 Å². The molecule has 6 nitrogen and oxygen atoms in total. The number of aliphatic hydroxyl groups excluding tert-OH is 2. The summed E-state index contributed by atoms with van der Waals surface area (Å²) in [6.07, 6.45) is -0.217. The summed E-state index contributed by atoms with van der Waals surface area (Å²) in [7, 11) is 1.87. The maximum absolute atomic E-state index is 9.54. The number of rotatable bonds is 3. The Balaban J connectivity index is 2.35. The second kappa shape index (κ2) is 5.11. The average Bonchev–Trinajstić information content (AvgIpc) is 2.61. The van der Waals surface area contributed by atoms with Crippen molar-refractivity contribution in [2.24, 2.45) is 7.05 Å². The van der Waals surface area contributed by atoms with Crippen molar-refractivity contribution in [1.29, 1.82) is 0 Å². The number of nitrogens with zero attached hydrogens (tertiary/aromatic N) is 3. The molecule has 0 aromatic carbocycles. The Bertz CT molecular complexity index is 456. The zero-order chi connectivity index (χ0) is 14.2. The van der Waals surface area contributed by atoms with Gasteiger partial charge in [-0.05, 0) is 20.8 Å². The van der Waals surface area contributed by atoms with Gasteiger partial charge in [-0.15, -0.1) is 0 Å². The highest BCUT2D eigenvalue weighted by atomic mass is 16.5. The van der Waals surface area contributed by atoms with Crippen LogP contribution >= 0.6 is 0 Å². The van der Waals surface area contributed by atoms with Gasteiger partial charge in [0.15, 0.2) is 0 Å². The second-order valence-electron chi connectivity index (χ2n) is 5.73. The third-order valence-corrected chi connectivity index (χ3v) is 3.46. The topological polar surface area (TPSA) is 70.8 Å². The quantitative estimate of drug-likeness (QED) is 0.820. The number of hydrogen-bond acceptors (Lipinski definition) is 5. The van der Waals surface area contributed by atoms with Crippen LogP contribution < -0.4 is 4.90 Å². The average molecular weight is 269 g/mol. The first-order valence-electron chi connectivity index (χ1n) is 6.55. The van der Waals surface area contributed by atoms with Crippen LogP contribution in [0.3, 0.4) is 0 Å². The van der Waals surface area contributed by atoms with Crippen LogP contribution in [0.15, 0.2) is 0 Å². The smallest absolute Gasteiger partial charge is 0.132 e. The summed E-state index contributed by atoms with van der Waals surface area (Å²) in [5.74, 6) is 0.912. The molecule has 0 saturated carbocycles. The van der Waals surface area contributed by atoms with E-state index in [-0.39, 0.29) is 24.9 Å². The van der Waals surface area contributed by atoms with E-state index in [4.69, 9.17) is 4.74 Å². The summed E-state index contributed by atoms with van der Waals surface area (Å²) in [6, 6.07) is 0. The molecule has 108 valence electrons. The van der Waals surface area contributed by atoms with Crippen molar-refractivity contribution in [2.75, 3.05) is 24.6 Å². The van der Waals surface area contributed by atoms with Gasteiger partial charge in [-0.1, -0.05) is 0 Å². The number of aliphatic hydroxyl groups is 2. The Morgan fingerprint density at radius 3 is 2.68 bits per heavy atom. The fourth-order valence-corrected chi connectivity index (χ4v) is 2.82. The zero-order valence-corrected chi connectivity index (χ0v) is 12.1. The summed E-state index contributed by atoms with van der Waals surface area (Å²) in [5.41, 5.74) is 1.35. The maximum atomic E-state index is 9.54. The Labute approximate surface area is 113 Å². The molecule has 1 atom stereocenters. The fraction of sp³-hybridized carbons (Fsp3) is 0.769. The number of hydrogen-bond donors (Lipinski definition) is 2. The Morgan fingerprint density at radius 1 is 1.42 bits per heavy atom. The molecule has 6 heteroatoms. The third-order valence-electron chi connectivity index (χ3n) is 3.46. The lowest BCUT2D eigenvalue weighted by Crippen LogP contribution is -2.54. The molecule has 0 amide bonds. The van der Waals surface area contributed by atoms with Crippen molar-refractivity contribution in [3.8, 4) is 0 Å². The van der Waals surface area contributed by atoms with Crippen molar-refractivity contribution < 1.29 is 14.9 Å². The second-order valence-corrected chi connectivity index (χ2v) is 5.73. The summed E-state index contributed by atoms with van der Waals surface area (Å²) >= 11 is 0. The molecule has 2 N–H and O–H groups in total. The van der Waals surface area contributed by atoms with E-state index in [1.54, 1.807) is 4.68 Å². The van der Waals surface area contributed by atoms with Crippen LogP contribution in [0.1, 0.15) is 25.1 Å². The predicted octanol–water partition coefficient (Wildman–Crippen LogP) is 0.197. The third kappa shape index (κ3) is 2.75. The van der Waals surface area contributed by atoms with Gasteiger partial charge >= 0.3 is 0 Å². The van der Waals surface area contributed by atoms with E-state index >= 15 is 0 Å². The Hall–Kier alpha value is -1.11. The van der Waals surface area contributed by atoms with Gasteiger partial charge in [0.05, 0.1) is 30.6 Å². The van der Waals surface area contributed by atoms with Crippen molar-refractivity contribution in [2.45, 2.75) is 39.1 Å². The van der Waals surface area contributed by atoms with Crippen LogP contribution in [0.2, 0.25) is 0 Å². The molecule has 19 heavy (non-hydrogen) atoms. The standard InChI is InChI=1S/C13H23N3O3/c1-9-11(7-18)12(15(4)14-9)16-5-10(6-17)19-13(2,3)8-16/h10,17-18H,5-8H2,1-4H3. The highest BCUT2D eigenvalue weighted by molar-refractivity contribution is 5.50. The lowest BCUT2D eigenvalue weighted by molar-refractivity contribution is -0.101. The minimum atomic E-state index is -0.337. The lowest BCUT2D eigenvalue weighted by atomic mass is 10.0. The van der Waals surface area contributed by atoms with E-state index in [0.29, 0.717) is 13.1 Å². The number of aromatic nitrogens is 2. The van der Waals surface area contributed by atoms with E-state index < -0.39 is 0 Å². The monoisotopic (exact) mass is 269 g/mol. The van der Waals surface area contributed by atoms with Gasteiger partial charge in [0, 0.05) is 25.7 Å². The van der Waals surface area contributed by atoms with E-state index in [0.717, 1.165) is 17.1 Å².